The summed E-state index contributed by atoms with van der Waals surface area (Å²) in [4.78, 5) is 11.4. The van der Waals surface area contributed by atoms with Crippen molar-refractivity contribution in [2.24, 2.45) is 0 Å². The minimum atomic E-state index is 0. The molecule has 0 aliphatic heterocycles. The van der Waals surface area contributed by atoms with Crippen LogP contribution in [0.5, 0.6) is 0 Å². The number of carbonyl (C=O) groups excluding carboxylic acids is 1. The summed E-state index contributed by atoms with van der Waals surface area (Å²) in [6.07, 6.45) is 0. The Morgan fingerprint density at radius 1 is 0.875 bits per heavy atom. The first kappa shape index (κ1) is 29.4. The van der Waals surface area contributed by atoms with Crippen molar-refractivity contribution < 1.29 is 4.79 Å². The molecular formula is C14H33NO. The lowest BCUT2D eigenvalue weighted by Gasteiger charge is -2.08. The molecule has 0 N–H and O–H groups in total. The summed E-state index contributed by atoms with van der Waals surface area (Å²) in [5.74, 6) is 0.167. The zero-order chi connectivity index (χ0) is 12.3. The van der Waals surface area contributed by atoms with E-state index in [4.69, 9.17) is 0 Å². The Bertz CT molecular complexity index is 161. The molecule has 0 atom stereocenters. The molecule has 0 aromatic carbocycles. The number of carbonyl (C=O) groups is 1. The molecule has 0 rings (SSSR count). The number of Topliss-reactive ketones (excluding diaryl/α,β-unsaturated/α-hetero) is 1. The van der Waals surface area contributed by atoms with Gasteiger partial charge in [0.1, 0.15) is 5.78 Å². The van der Waals surface area contributed by atoms with Gasteiger partial charge in [0.2, 0.25) is 0 Å². The van der Waals surface area contributed by atoms with E-state index in [1.165, 1.54) is 19.4 Å². The van der Waals surface area contributed by atoms with Gasteiger partial charge in [0.25, 0.3) is 0 Å². The van der Waals surface area contributed by atoms with Gasteiger partial charge in [0.15, 0.2) is 0 Å². The molecule has 0 bridgehead atoms. The van der Waals surface area contributed by atoms with Crippen LogP contribution in [0.2, 0.25) is 0 Å². The van der Waals surface area contributed by atoms with Crippen LogP contribution < -0.4 is 0 Å². The molecule has 0 fully saturated rings. The van der Waals surface area contributed by atoms with Gasteiger partial charge in [-0.05, 0) is 34.6 Å². The molecule has 0 heterocycles. The zero-order valence-electron chi connectivity index (χ0n) is 10.8. The van der Waals surface area contributed by atoms with Crippen LogP contribution >= 0.6 is 0 Å². The topological polar surface area (TPSA) is 20.3 Å². The molecule has 0 aromatic rings. The fourth-order valence-corrected chi connectivity index (χ4v) is 0. The first-order valence-corrected chi connectivity index (χ1v) is 4.53. The van der Waals surface area contributed by atoms with Crippen molar-refractivity contribution >= 4 is 5.78 Å². The largest absolute Gasteiger partial charge is 0.382 e. The van der Waals surface area contributed by atoms with Crippen LogP contribution in [-0.4, -0.2) is 24.8 Å². The average molecular weight is 231 g/mol. The minimum Gasteiger partial charge on any atom is -0.382 e. The normalized spacial score (nSPS) is 6.19. The fraction of sp³-hybridized carbons (Fsp3) is 0.643. The van der Waals surface area contributed by atoms with E-state index in [-0.39, 0.29) is 20.6 Å². The molecule has 0 aromatic heterocycles. The van der Waals surface area contributed by atoms with Crippen molar-refractivity contribution in [1.29, 1.82) is 0 Å². The summed E-state index contributed by atoms with van der Waals surface area (Å²) in [5, 5.41) is 0. The van der Waals surface area contributed by atoms with Crippen molar-refractivity contribution in [2.75, 3.05) is 14.1 Å². The Morgan fingerprint density at radius 2 is 0.938 bits per heavy atom. The highest BCUT2D eigenvalue weighted by atomic mass is 16.1. The van der Waals surface area contributed by atoms with Gasteiger partial charge in [-0.3, -0.25) is 0 Å². The minimum absolute atomic E-state index is 0. The Morgan fingerprint density at radius 3 is 0.938 bits per heavy atom. The second-order valence-corrected chi connectivity index (χ2v) is 3.75. The second kappa shape index (κ2) is 19.5. The number of allylic oxidation sites excluding steroid dienone is 2. The lowest BCUT2D eigenvalue weighted by Crippen LogP contribution is -2.05. The standard InChI is InChI=1S/C5H11N.C4H8.C3H6O.2CH4/c1-5(2)6(3)4;1-4(2)3;1-3(2)4;;/h1H2,2-4H3;1H2,2-3H3;1-2H3;2*1H4. The van der Waals surface area contributed by atoms with Crippen molar-refractivity contribution in [3.63, 3.8) is 0 Å². The summed E-state index contributed by atoms with van der Waals surface area (Å²) < 4.78 is 0. The highest BCUT2D eigenvalue weighted by Gasteiger charge is 1.79. The molecular weight excluding hydrogens is 198 g/mol. The summed E-state index contributed by atoms with van der Waals surface area (Å²) in [6, 6.07) is 0. The molecule has 0 saturated heterocycles. The van der Waals surface area contributed by atoms with E-state index >= 15 is 0 Å². The Hall–Kier alpha value is -1.05. The van der Waals surface area contributed by atoms with Crippen molar-refractivity contribution in [3.05, 3.63) is 24.4 Å². The monoisotopic (exact) mass is 231 g/mol. The van der Waals surface area contributed by atoms with E-state index in [2.05, 4.69) is 13.2 Å². The lowest BCUT2D eigenvalue weighted by molar-refractivity contribution is -0.114. The molecule has 16 heavy (non-hydrogen) atoms. The van der Waals surface area contributed by atoms with E-state index in [9.17, 15) is 4.79 Å². The maximum absolute atomic E-state index is 9.44. The molecule has 2 nitrogen and oxygen atoms in total. The smallest absolute Gasteiger partial charge is 0.126 e. The van der Waals surface area contributed by atoms with Gasteiger partial charge in [0.05, 0.1) is 0 Å². The lowest BCUT2D eigenvalue weighted by atomic mass is 10.4. The molecule has 100 valence electrons. The predicted molar refractivity (Wildman–Crippen MR) is 78.8 cm³/mol. The third kappa shape index (κ3) is 213. The Kier molecular flexibility index (Phi) is 35.8. The number of hydrogen-bond donors (Lipinski definition) is 0. The van der Waals surface area contributed by atoms with E-state index in [1.807, 2.05) is 39.8 Å². The van der Waals surface area contributed by atoms with E-state index in [1.54, 1.807) is 0 Å². The number of rotatable bonds is 1. The van der Waals surface area contributed by atoms with Gasteiger partial charge >= 0.3 is 0 Å². The molecule has 0 saturated carbocycles. The van der Waals surface area contributed by atoms with Gasteiger partial charge < -0.3 is 9.69 Å². The first-order chi connectivity index (χ1) is 6.11. The molecule has 0 amide bonds. The highest BCUT2D eigenvalue weighted by Crippen LogP contribution is 1.86. The molecule has 0 aliphatic carbocycles. The fourth-order valence-electron chi connectivity index (χ4n) is 0. The van der Waals surface area contributed by atoms with Crippen LogP contribution in [0.15, 0.2) is 24.4 Å². The van der Waals surface area contributed by atoms with Gasteiger partial charge in [0, 0.05) is 19.8 Å². The van der Waals surface area contributed by atoms with Crippen molar-refractivity contribution in [2.45, 2.75) is 49.5 Å². The van der Waals surface area contributed by atoms with Crippen molar-refractivity contribution in [1.82, 2.24) is 4.90 Å². The average Bonchev–Trinajstić information content (AvgIpc) is 1.83. The zero-order valence-corrected chi connectivity index (χ0v) is 10.8. The second-order valence-electron chi connectivity index (χ2n) is 3.75. The molecule has 0 radical (unpaired) electrons. The summed E-state index contributed by atoms with van der Waals surface area (Å²) >= 11 is 0. The van der Waals surface area contributed by atoms with E-state index < -0.39 is 0 Å². The van der Waals surface area contributed by atoms with Gasteiger partial charge in [-0.2, -0.15) is 0 Å². The maximum Gasteiger partial charge on any atom is 0.126 e. The number of ketones is 1. The Labute approximate surface area is 104 Å². The molecule has 0 aliphatic rings. The molecule has 2 heteroatoms. The third-order valence-electron chi connectivity index (χ3n) is 0.763. The van der Waals surface area contributed by atoms with Crippen LogP contribution in [0, 0.1) is 0 Å². The first-order valence-electron chi connectivity index (χ1n) is 4.53. The van der Waals surface area contributed by atoms with E-state index in [0.29, 0.717) is 0 Å². The van der Waals surface area contributed by atoms with Crippen LogP contribution in [0.3, 0.4) is 0 Å². The van der Waals surface area contributed by atoms with E-state index in [0.717, 1.165) is 5.70 Å². The predicted octanol–water partition coefficient (Wildman–Crippen LogP) is 4.53. The van der Waals surface area contributed by atoms with Crippen molar-refractivity contribution in [3.8, 4) is 0 Å². The van der Waals surface area contributed by atoms with Gasteiger partial charge in [-0.25, -0.2) is 0 Å². The van der Waals surface area contributed by atoms with Crippen LogP contribution in [-0.2, 0) is 4.79 Å². The SMILES string of the molecule is C.C.C=C(C)C.C=C(C)N(C)C.CC(C)=O. The Balaban J connectivity index is -0.0000000367. The third-order valence-corrected chi connectivity index (χ3v) is 0.763. The number of hydrogen-bond acceptors (Lipinski definition) is 2. The van der Waals surface area contributed by atoms with Gasteiger partial charge in [-0.15, -0.1) is 6.58 Å². The number of nitrogens with zero attached hydrogens (tertiary/aromatic N) is 1. The highest BCUT2D eigenvalue weighted by molar-refractivity contribution is 5.72. The van der Waals surface area contributed by atoms with Crippen LogP contribution in [0.1, 0.15) is 49.5 Å². The quantitative estimate of drug-likeness (QED) is 0.618. The van der Waals surface area contributed by atoms with Crippen LogP contribution in [0.4, 0.5) is 0 Å². The summed E-state index contributed by atoms with van der Waals surface area (Å²) in [7, 11) is 3.95. The maximum atomic E-state index is 9.44. The van der Waals surface area contributed by atoms with Crippen LogP contribution in [0.25, 0.3) is 0 Å². The molecule has 0 unspecified atom stereocenters. The molecule has 0 spiro atoms. The van der Waals surface area contributed by atoms with Gasteiger partial charge in [-0.1, -0.05) is 27.0 Å². The summed E-state index contributed by atoms with van der Waals surface area (Å²) in [5.41, 5.74) is 2.26. The summed E-state index contributed by atoms with van der Waals surface area (Å²) in [6.45, 7) is 16.2.